The van der Waals surface area contributed by atoms with Crippen molar-refractivity contribution in [3.63, 3.8) is 0 Å². The lowest BCUT2D eigenvalue weighted by atomic mass is 9.96. The number of nitrogens with zero attached hydrogens (tertiary/aromatic N) is 4. The third-order valence-corrected chi connectivity index (χ3v) is 2.56. The molecular weight excluding hydrogens is 194 g/mol. The van der Waals surface area contributed by atoms with E-state index < -0.39 is 5.54 Å². The molecule has 0 bridgehead atoms. The molecule has 1 rings (SSSR count). The van der Waals surface area contributed by atoms with Gasteiger partial charge in [-0.3, -0.25) is 5.32 Å². The van der Waals surface area contributed by atoms with E-state index in [2.05, 4.69) is 21.4 Å². The maximum Gasteiger partial charge on any atom is 0.133 e. The van der Waals surface area contributed by atoms with E-state index in [4.69, 9.17) is 10.3 Å². The SMILES string of the molecule is COCC(C#N)(NCCN=[N+]=[N-])C1CC1. The van der Waals surface area contributed by atoms with Crippen LogP contribution in [0.2, 0.25) is 0 Å². The Kier molecular flexibility index (Phi) is 4.37. The van der Waals surface area contributed by atoms with Gasteiger partial charge >= 0.3 is 0 Å². The molecule has 0 heterocycles. The van der Waals surface area contributed by atoms with Crippen molar-refractivity contribution in [3.8, 4) is 6.07 Å². The van der Waals surface area contributed by atoms with Crippen molar-refractivity contribution in [2.24, 2.45) is 11.0 Å². The van der Waals surface area contributed by atoms with Gasteiger partial charge in [-0.05, 0) is 24.3 Å². The van der Waals surface area contributed by atoms with Crippen LogP contribution >= 0.6 is 0 Å². The zero-order valence-corrected chi connectivity index (χ0v) is 8.81. The molecule has 1 atom stereocenters. The van der Waals surface area contributed by atoms with E-state index in [1.165, 1.54) is 0 Å². The van der Waals surface area contributed by atoms with Gasteiger partial charge in [-0.2, -0.15) is 5.26 Å². The zero-order chi connectivity index (χ0) is 11.1. The Morgan fingerprint density at radius 1 is 1.73 bits per heavy atom. The first kappa shape index (κ1) is 11.8. The van der Waals surface area contributed by atoms with E-state index in [1.54, 1.807) is 7.11 Å². The van der Waals surface area contributed by atoms with Crippen LogP contribution in [0.3, 0.4) is 0 Å². The minimum absolute atomic E-state index is 0.358. The van der Waals surface area contributed by atoms with Crippen molar-refractivity contribution in [3.05, 3.63) is 10.4 Å². The highest BCUT2D eigenvalue weighted by molar-refractivity contribution is 5.15. The minimum atomic E-state index is -0.597. The predicted octanol–water partition coefficient (Wildman–Crippen LogP) is 1.21. The Hall–Kier alpha value is -1.28. The number of rotatable bonds is 7. The van der Waals surface area contributed by atoms with Crippen molar-refractivity contribution < 1.29 is 4.74 Å². The Morgan fingerprint density at radius 2 is 2.47 bits per heavy atom. The lowest BCUT2D eigenvalue weighted by Crippen LogP contribution is -2.50. The molecule has 0 radical (unpaired) electrons. The molecule has 0 aliphatic heterocycles. The van der Waals surface area contributed by atoms with E-state index in [0.29, 0.717) is 25.6 Å². The first-order valence-electron chi connectivity index (χ1n) is 4.95. The first-order chi connectivity index (χ1) is 7.29. The average molecular weight is 209 g/mol. The van der Waals surface area contributed by atoms with Crippen molar-refractivity contribution in [1.29, 1.82) is 5.26 Å². The minimum Gasteiger partial charge on any atom is -0.382 e. The fourth-order valence-electron chi connectivity index (χ4n) is 1.65. The van der Waals surface area contributed by atoms with E-state index in [9.17, 15) is 5.26 Å². The molecule has 0 aromatic rings. The third-order valence-electron chi connectivity index (χ3n) is 2.56. The molecule has 1 aliphatic rings. The molecule has 0 aromatic heterocycles. The van der Waals surface area contributed by atoms with Crippen LogP contribution in [0.5, 0.6) is 0 Å². The van der Waals surface area contributed by atoms with Crippen LogP contribution in [-0.4, -0.2) is 32.3 Å². The van der Waals surface area contributed by atoms with E-state index >= 15 is 0 Å². The summed E-state index contributed by atoms with van der Waals surface area (Å²) in [5, 5.41) is 15.7. The quantitative estimate of drug-likeness (QED) is 0.295. The number of methoxy groups -OCH3 is 1. The molecule has 1 fully saturated rings. The summed E-state index contributed by atoms with van der Waals surface area (Å²) in [4.78, 5) is 2.66. The summed E-state index contributed by atoms with van der Waals surface area (Å²) in [6, 6.07) is 2.28. The normalized spacial score (nSPS) is 18.7. The van der Waals surface area contributed by atoms with Gasteiger partial charge in [0.25, 0.3) is 0 Å². The van der Waals surface area contributed by atoms with Gasteiger partial charge < -0.3 is 4.74 Å². The molecule has 0 amide bonds. The van der Waals surface area contributed by atoms with Gasteiger partial charge in [0.1, 0.15) is 5.54 Å². The number of nitrogens with one attached hydrogen (secondary N) is 1. The van der Waals surface area contributed by atoms with E-state index in [1.807, 2.05) is 0 Å². The summed E-state index contributed by atoms with van der Waals surface area (Å²) in [5.41, 5.74) is 7.52. The standard InChI is InChI=1S/C9H15N5O/c1-15-7-9(6-10,8-2-3-8)12-4-5-13-14-11/h8,12H,2-5,7H2,1H3. The highest BCUT2D eigenvalue weighted by Crippen LogP contribution is 2.39. The van der Waals surface area contributed by atoms with Gasteiger partial charge in [-0.15, -0.1) is 0 Å². The molecule has 1 unspecified atom stereocenters. The van der Waals surface area contributed by atoms with Crippen LogP contribution in [0, 0.1) is 17.2 Å². The van der Waals surface area contributed by atoms with Crippen LogP contribution in [-0.2, 0) is 4.74 Å². The number of azide groups is 1. The van der Waals surface area contributed by atoms with Gasteiger partial charge in [0, 0.05) is 25.1 Å². The zero-order valence-electron chi connectivity index (χ0n) is 8.81. The largest absolute Gasteiger partial charge is 0.382 e. The fourth-order valence-corrected chi connectivity index (χ4v) is 1.65. The molecule has 0 spiro atoms. The second-order valence-electron chi connectivity index (χ2n) is 3.67. The summed E-state index contributed by atoms with van der Waals surface area (Å²) < 4.78 is 5.07. The van der Waals surface area contributed by atoms with Crippen LogP contribution in [0.15, 0.2) is 5.11 Å². The lowest BCUT2D eigenvalue weighted by Gasteiger charge is -2.26. The van der Waals surface area contributed by atoms with Crippen LogP contribution in [0.4, 0.5) is 0 Å². The topological polar surface area (TPSA) is 93.8 Å². The third kappa shape index (κ3) is 3.10. The molecule has 1 saturated carbocycles. The maximum atomic E-state index is 9.18. The first-order valence-corrected chi connectivity index (χ1v) is 4.95. The monoisotopic (exact) mass is 209 g/mol. The van der Waals surface area contributed by atoms with Crippen LogP contribution < -0.4 is 5.32 Å². The Bertz CT molecular complexity index is 289. The number of nitriles is 1. The van der Waals surface area contributed by atoms with Crippen LogP contribution in [0.1, 0.15) is 12.8 Å². The van der Waals surface area contributed by atoms with Crippen molar-refractivity contribution in [2.45, 2.75) is 18.4 Å². The highest BCUT2D eigenvalue weighted by atomic mass is 16.5. The van der Waals surface area contributed by atoms with Gasteiger partial charge in [-0.1, -0.05) is 5.11 Å². The van der Waals surface area contributed by atoms with E-state index in [0.717, 1.165) is 12.8 Å². The van der Waals surface area contributed by atoms with Crippen molar-refractivity contribution >= 4 is 0 Å². The van der Waals surface area contributed by atoms with Gasteiger partial charge in [-0.25, -0.2) is 0 Å². The summed E-state index contributed by atoms with van der Waals surface area (Å²) >= 11 is 0. The van der Waals surface area contributed by atoms with E-state index in [-0.39, 0.29) is 0 Å². The predicted molar refractivity (Wildman–Crippen MR) is 55.0 cm³/mol. The second kappa shape index (κ2) is 5.56. The average Bonchev–Trinajstić information content (AvgIpc) is 3.07. The molecule has 0 saturated heterocycles. The van der Waals surface area contributed by atoms with Crippen molar-refractivity contribution in [1.82, 2.24) is 5.32 Å². The van der Waals surface area contributed by atoms with Crippen LogP contribution in [0.25, 0.3) is 10.4 Å². The summed E-state index contributed by atoms with van der Waals surface area (Å²) in [5.74, 6) is 0.369. The summed E-state index contributed by atoms with van der Waals surface area (Å²) in [6.07, 6.45) is 2.12. The number of ether oxygens (including phenoxy) is 1. The van der Waals surface area contributed by atoms with Gasteiger partial charge in [0.2, 0.25) is 0 Å². The smallest absolute Gasteiger partial charge is 0.133 e. The number of hydrogen-bond acceptors (Lipinski definition) is 4. The molecule has 1 aliphatic carbocycles. The molecule has 15 heavy (non-hydrogen) atoms. The van der Waals surface area contributed by atoms with Gasteiger partial charge in [0.05, 0.1) is 12.7 Å². The lowest BCUT2D eigenvalue weighted by molar-refractivity contribution is 0.126. The molecule has 6 heteroatoms. The fraction of sp³-hybridized carbons (Fsp3) is 0.889. The Balaban J connectivity index is 2.48. The molecule has 6 nitrogen and oxygen atoms in total. The van der Waals surface area contributed by atoms with Crippen molar-refractivity contribution in [2.75, 3.05) is 26.8 Å². The Labute approximate surface area is 88.8 Å². The molecule has 0 aromatic carbocycles. The van der Waals surface area contributed by atoms with Gasteiger partial charge in [0.15, 0.2) is 0 Å². The summed E-state index contributed by atoms with van der Waals surface area (Å²) in [7, 11) is 1.59. The highest BCUT2D eigenvalue weighted by Gasteiger charge is 2.45. The maximum absolute atomic E-state index is 9.18. The molecule has 1 N–H and O–H groups in total. The molecular formula is C9H15N5O. The molecule has 82 valence electrons. The second-order valence-corrected chi connectivity index (χ2v) is 3.67. The Morgan fingerprint density at radius 3 is 2.93 bits per heavy atom. The summed E-state index contributed by atoms with van der Waals surface area (Å²) in [6.45, 7) is 1.25. The number of hydrogen-bond donors (Lipinski definition) is 1.